The molecular weight excluding hydrogens is 164 g/mol. The molecule has 1 aliphatic rings. The zero-order valence-electron chi connectivity index (χ0n) is 7.33. The Morgan fingerprint density at radius 3 is 3.08 bits per heavy atom. The lowest BCUT2D eigenvalue weighted by Gasteiger charge is -1.99. The lowest BCUT2D eigenvalue weighted by atomic mass is 10.2. The summed E-state index contributed by atoms with van der Waals surface area (Å²) in [5.74, 6) is 4.68. The summed E-state index contributed by atoms with van der Waals surface area (Å²) < 4.78 is 0. The van der Waals surface area contributed by atoms with E-state index < -0.39 is 0 Å². The van der Waals surface area contributed by atoms with E-state index in [1.54, 1.807) is 0 Å². The predicted molar refractivity (Wildman–Crippen MR) is 48.7 cm³/mol. The van der Waals surface area contributed by atoms with Crippen LogP contribution < -0.4 is 5.73 Å². The van der Waals surface area contributed by atoms with Crippen molar-refractivity contribution in [2.24, 2.45) is 5.73 Å². The molecule has 0 aromatic carbocycles. The molecule has 1 aliphatic carbocycles. The van der Waals surface area contributed by atoms with Crippen LogP contribution in [0.15, 0.2) is 0 Å². The maximum absolute atomic E-state index is 5.75. The summed E-state index contributed by atoms with van der Waals surface area (Å²) in [6.45, 7) is 0. The van der Waals surface area contributed by atoms with E-state index in [0.717, 1.165) is 5.82 Å². The fraction of sp³-hybridized carbons (Fsp3) is 0.556. The van der Waals surface area contributed by atoms with Crippen LogP contribution in [-0.2, 0) is 0 Å². The van der Waals surface area contributed by atoms with E-state index in [1.165, 1.54) is 12.8 Å². The molecule has 2 rings (SSSR count). The summed E-state index contributed by atoms with van der Waals surface area (Å²) in [5.41, 5.74) is 5.75. The Hall–Kier alpha value is -1.34. The first-order chi connectivity index (χ1) is 6.31. The van der Waals surface area contributed by atoms with E-state index in [2.05, 4.69) is 21.1 Å². The molecule has 1 heterocycles. The van der Waals surface area contributed by atoms with Gasteiger partial charge in [-0.1, -0.05) is 0 Å². The number of hydrogen-bond acceptors (Lipinski definition) is 3. The molecule has 1 aromatic heterocycles. The second-order valence-electron chi connectivity index (χ2n) is 3.37. The van der Waals surface area contributed by atoms with Gasteiger partial charge in [0.2, 0.25) is 0 Å². The molecule has 0 amide bonds. The van der Waals surface area contributed by atoms with Gasteiger partial charge in [-0.05, 0) is 12.8 Å². The van der Waals surface area contributed by atoms with E-state index in [0.29, 0.717) is 18.2 Å². The van der Waals surface area contributed by atoms with Crippen molar-refractivity contribution in [3.05, 3.63) is 11.6 Å². The first kappa shape index (κ1) is 8.27. The zero-order valence-corrected chi connectivity index (χ0v) is 7.33. The summed E-state index contributed by atoms with van der Waals surface area (Å²) >= 11 is 0. The number of rotatable bonds is 3. The Labute approximate surface area is 76.9 Å². The third-order valence-corrected chi connectivity index (χ3v) is 2.15. The minimum Gasteiger partial charge on any atom is -0.320 e. The molecule has 68 valence electrons. The van der Waals surface area contributed by atoms with Gasteiger partial charge in [0.25, 0.3) is 0 Å². The Bertz CT molecular complexity index is 332. The van der Waals surface area contributed by atoms with Crippen molar-refractivity contribution < 1.29 is 0 Å². The quantitative estimate of drug-likeness (QED) is 0.666. The number of nitrogens with zero attached hydrogens (tertiary/aromatic N) is 2. The SMILES string of the molecule is C#CCC(N)c1n[nH]c(C2CC2)n1. The van der Waals surface area contributed by atoms with Gasteiger partial charge in [0.05, 0.1) is 6.04 Å². The van der Waals surface area contributed by atoms with Gasteiger partial charge in [-0.3, -0.25) is 5.10 Å². The molecule has 4 heteroatoms. The number of H-pyrrole nitrogens is 1. The molecule has 0 spiro atoms. The number of hydrogen-bond donors (Lipinski definition) is 2. The molecular formula is C9H12N4. The van der Waals surface area contributed by atoms with Crippen LogP contribution in [0.3, 0.4) is 0 Å². The average Bonchev–Trinajstić information content (AvgIpc) is 2.84. The Kier molecular flexibility index (Phi) is 2.03. The van der Waals surface area contributed by atoms with E-state index in [4.69, 9.17) is 12.2 Å². The Morgan fingerprint density at radius 1 is 1.69 bits per heavy atom. The van der Waals surface area contributed by atoms with Gasteiger partial charge < -0.3 is 5.73 Å². The van der Waals surface area contributed by atoms with E-state index in [-0.39, 0.29) is 6.04 Å². The van der Waals surface area contributed by atoms with Crippen LogP contribution in [0.1, 0.15) is 42.9 Å². The van der Waals surface area contributed by atoms with Gasteiger partial charge in [-0.15, -0.1) is 12.3 Å². The molecule has 0 saturated heterocycles. The third-order valence-electron chi connectivity index (χ3n) is 2.15. The summed E-state index contributed by atoms with van der Waals surface area (Å²) in [5, 5.41) is 6.94. The van der Waals surface area contributed by atoms with Gasteiger partial charge in [-0.25, -0.2) is 4.98 Å². The van der Waals surface area contributed by atoms with E-state index >= 15 is 0 Å². The van der Waals surface area contributed by atoms with Crippen molar-refractivity contribution in [3.63, 3.8) is 0 Å². The first-order valence-electron chi connectivity index (χ1n) is 4.42. The van der Waals surface area contributed by atoms with Crippen molar-refractivity contribution in [1.82, 2.24) is 15.2 Å². The highest BCUT2D eigenvalue weighted by molar-refractivity contribution is 5.08. The largest absolute Gasteiger partial charge is 0.320 e. The highest BCUT2D eigenvalue weighted by Crippen LogP contribution is 2.37. The van der Waals surface area contributed by atoms with Crippen LogP contribution in [0.25, 0.3) is 0 Å². The smallest absolute Gasteiger partial charge is 0.168 e. The second-order valence-corrected chi connectivity index (χ2v) is 3.37. The van der Waals surface area contributed by atoms with Crippen LogP contribution in [-0.4, -0.2) is 15.2 Å². The Morgan fingerprint density at radius 2 is 2.46 bits per heavy atom. The molecule has 4 nitrogen and oxygen atoms in total. The molecule has 0 radical (unpaired) electrons. The number of terminal acetylenes is 1. The molecule has 13 heavy (non-hydrogen) atoms. The molecule has 0 bridgehead atoms. The molecule has 1 aromatic rings. The lowest BCUT2D eigenvalue weighted by Crippen LogP contribution is -2.11. The average molecular weight is 176 g/mol. The van der Waals surface area contributed by atoms with Crippen LogP contribution in [0.2, 0.25) is 0 Å². The fourth-order valence-corrected chi connectivity index (χ4v) is 1.21. The van der Waals surface area contributed by atoms with Crippen LogP contribution in [0, 0.1) is 12.3 Å². The van der Waals surface area contributed by atoms with Gasteiger partial charge in [-0.2, -0.15) is 5.10 Å². The molecule has 1 fully saturated rings. The van der Waals surface area contributed by atoms with E-state index in [9.17, 15) is 0 Å². The topological polar surface area (TPSA) is 67.6 Å². The monoisotopic (exact) mass is 176 g/mol. The molecule has 0 aliphatic heterocycles. The van der Waals surface area contributed by atoms with Crippen LogP contribution >= 0.6 is 0 Å². The molecule has 3 N–H and O–H groups in total. The molecule has 1 unspecified atom stereocenters. The van der Waals surface area contributed by atoms with Crippen molar-refractivity contribution in [1.29, 1.82) is 0 Å². The third kappa shape index (κ3) is 1.70. The van der Waals surface area contributed by atoms with Gasteiger partial charge >= 0.3 is 0 Å². The van der Waals surface area contributed by atoms with Crippen molar-refractivity contribution in [2.45, 2.75) is 31.2 Å². The minimum atomic E-state index is -0.228. The minimum absolute atomic E-state index is 0.228. The number of aromatic nitrogens is 3. The van der Waals surface area contributed by atoms with Gasteiger partial charge in [0.15, 0.2) is 5.82 Å². The first-order valence-corrected chi connectivity index (χ1v) is 4.42. The summed E-state index contributed by atoms with van der Waals surface area (Å²) in [6.07, 6.45) is 8.05. The highest BCUT2D eigenvalue weighted by Gasteiger charge is 2.27. The fourth-order valence-electron chi connectivity index (χ4n) is 1.21. The van der Waals surface area contributed by atoms with Crippen LogP contribution in [0.4, 0.5) is 0 Å². The van der Waals surface area contributed by atoms with Crippen molar-refractivity contribution in [3.8, 4) is 12.3 Å². The summed E-state index contributed by atoms with van der Waals surface area (Å²) in [4.78, 5) is 4.30. The molecule has 1 atom stereocenters. The normalized spacial score (nSPS) is 18.2. The maximum atomic E-state index is 5.75. The van der Waals surface area contributed by atoms with Crippen LogP contribution in [0.5, 0.6) is 0 Å². The summed E-state index contributed by atoms with van der Waals surface area (Å²) in [7, 11) is 0. The molecule has 1 saturated carbocycles. The standard InChI is InChI=1S/C9H12N4/c1-2-3-7(10)9-11-8(12-13-9)6-4-5-6/h1,6-7H,3-5,10H2,(H,11,12,13). The summed E-state index contributed by atoms with van der Waals surface area (Å²) in [6, 6.07) is -0.228. The van der Waals surface area contributed by atoms with Crippen molar-refractivity contribution >= 4 is 0 Å². The predicted octanol–water partition coefficient (Wildman–Crippen LogP) is 0.705. The number of nitrogens with two attached hydrogens (primary N) is 1. The Balaban J connectivity index is 2.08. The van der Waals surface area contributed by atoms with Gasteiger partial charge in [0, 0.05) is 12.3 Å². The van der Waals surface area contributed by atoms with Gasteiger partial charge in [0.1, 0.15) is 5.82 Å². The number of aromatic amines is 1. The highest BCUT2D eigenvalue weighted by atomic mass is 15.2. The second kappa shape index (κ2) is 3.19. The van der Waals surface area contributed by atoms with E-state index in [1.807, 2.05) is 0 Å². The van der Waals surface area contributed by atoms with Crippen molar-refractivity contribution in [2.75, 3.05) is 0 Å². The maximum Gasteiger partial charge on any atom is 0.168 e. The lowest BCUT2D eigenvalue weighted by molar-refractivity contribution is 0.695. The number of nitrogens with one attached hydrogen (secondary N) is 1. The zero-order chi connectivity index (χ0) is 9.26.